The Bertz CT molecular complexity index is 1190. The van der Waals surface area contributed by atoms with Crippen molar-refractivity contribution in [2.45, 2.75) is 44.2 Å². The molecule has 0 atom stereocenters. The molecular weight excluding hydrogens is 459 g/mol. The third kappa shape index (κ3) is 5.01. The van der Waals surface area contributed by atoms with Crippen LogP contribution in [0.1, 0.15) is 40.2 Å². The smallest absolute Gasteiger partial charge is 0.341 e. The number of thioether (sulfide) groups is 1. The van der Waals surface area contributed by atoms with Gasteiger partial charge < -0.3 is 9.88 Å². The molecule has 1 N–H and O–H groups in total. The maximum absolute atomic E-state index is 12.7. The number of hydrogen-bond acceptors (Lipinski definition) is 5. The predicted molar refractivity (Wildman–Crippen MR) is 121 cm³/mol. The molecule has 2 aromatic heterocycles. The van der Waals surface area contributed by atoms with Crippen LogP contribution in [0.25, 0.3) is 10.2 Å². The molecule has 1 aromatic carbocycles. The second-order valence-electron chi connectivity index (χ2n) is 7.80. The lowest BCUT2D eigenvalue weighted by Gasteiger charge is -2.17. The summed E-state index contributed by atoms with van der Waals surface area (Å²) in [5.74, 6) is 1.57. The van der Waals surface area contributed by atoms with Crippen molar-refractivity contribution >= 4 is 39.2 Å². The van der Waals surface area contributed by atoms with E-state index in [0.717, 1.165) is 47.2 Å². The number of aromatic nitrogens is 2. The van der Waals surface area contributed by atoms with Crippen LogP contribution in [-0.2, 0) is 36.1 Å². The minimum absolute atomic E-state index is 0.0858. The van der Waals surface area contributed by atoms with Crippen LogP contribution in [-0.4, -0.2) is 33.6 Å². The fourth-order valence-corrected chi connectivity index (χ4v) is 5.87. The number of halogens is 3. The van der Waals surface area contributed by atoms with Crippen LogP contribution < -0.4 is 5.56 Å². The van der Waals surface area contributed by atoms with E-state index < -0.39 is 11.7 Å². The third-order valence-electron chi connectivity index (χ3n) is 5.45. The molecule has 32 heavy (non-hydrogen) atoms. The fraction of sp³-hybridized carbons (Fsp3) is 0.409. The second-order valence-corrected chi connectivity index (χ2v) is 9.99. The largest absolute Gasteiger partial charge is 0.416 e. The van der Waals surface area contributed by atoms with Gasteiger partial charge in [-0.15, -0.1) is 11.3 Å². The minimum Gasteiger partial charge on any atom is -0.341 e. The quantitative estimate of drug-likeness (QED) is 0.494. The summed E-state index contributed by atoms with van der Waals surface area (Å²) in [4.78, 5) is 35.9. The van der Waals surface area contributed by atoms with Crippen molar-refractivity contribution in [2.75, 3.05) is 12.8 Å². The summed E-state index contributed by atoms with van der Waals surface area (Å²) in [5, 5.41) is 0.733. The highest BCUT2D eigenvalue weighted by Gasteiger charge is 2.30. The number of alkyl halides is 3. The Morgan fingerprint density at radius 2 is 2.00 bits per heavy atom. The molecule has 0 fully saturated rings. The van der Waals surface area contributed by atoms with E-state index in [1.54, 1.807) is 18.4 Å². The van der Waals surface area contributed by atoms with Crippen molar-refractivity contribution in [1.82, 2.24) is 14.9 Å². The molecule has 0 unspecified atom stereocenters. The number of rotatable bonds is 7. The topological polar surface area (TPSA) is 66.1 Å². The van der Waals surface area contributed by atoms with Crippen molar-refractivity contribution < 1.29 is 18.0 Å². The SMILES string of the molecule is CN(Cc1ccc(C(F)(F)F)cc1)C(=O)CCSCc1nc2sc3c(c2c(=O)[nH]1)CCC3. The number of aryl methyl sites for hydroxylation is 2. The van der Waals surface area contributed by atoms with Crippen molar-refractivity contribution in [3.8, 4) is 0 Å². The normalized spacial score (nSPS) is 13.5. The van der Waals surface area contributed by atoms with Gasteiger partial charge >= 0.3 is 6.18 Å². The standard InChI is InChI=1S/C22H22F3N3O2S2/c1-28(11-13-5-7-14(8-6-13)22(23,24)25)18(29)9-10-31-12-17-26-20(30)19-15-3-2-4-16(15)32-21(19)27-17/h5-8H,2-4,9-12H2,1H3,(H,26,27,30). The number of amides is 1. The summed E-state index contributed by atoms with van der Waals surface area (Å²) in [6, 6.07) is 4.83. The van der Waals surface area contributed by atoms with Crippen LogP contribution in [0.2, 0.25) is 0 Å². The average Bonchev–Trinajstić information content (AvgIpc) is 3.31. The molecule has 0 aliphatic heterocycles. The molecule has 170 valence electrons. The van der Waals surface area contributed by atoms with E-state index in [4.69, 9.17) is 0 Å². The van der Waals surface area contributed by atoms with E-state index in [1.807, 2.05) is 0 Å². The zero-order valence-corrected chi connectivity index (χ0v) is 19.1. The van der Waals surface area contributed by atoms with Gasteiger partial charge in [0.05, 0.1) is 16.7 Å². The van der Waals surface area contributed by atoms with Crippen molar-refractivity contribution in [2.24, 2.45) is 0 Å². The number of hydrogen-bond donors (Lipinski definition) is 1. The number of nitrogens with one attached hydrogen (secondary N) is 1. The molecule has 10 heteroatoms. The molecule has 0 bridgehead atoms. The number of benzene rings is 1. The molecule has 0 saturated carbocycles. The lowest BCUT2D eigenvalue weighted by molar-refractivity contribution is -0.137. The van der Waals surface area contributed by atoms with Crippen LogP contribution in [0, 0.1) is 0 Å². The Labute approximate surface area is 191 Å². The van der Waals surface area contributed by atoms with E-state index in [0.29, 0.717) is 29.3 Å². The average molecular weight is 482 g/mol. The summed E-state index contributed by atoms with van der Waals surface area (Å²) < 4.78 is 38.0. The van der Waals surface area contributed by atoms with Crippen LogP contribution >= 0.6 is 23.1 Å². The maximum Gasteiger partial charge on any atom is 0.416 e. The number of carbonyl (C=O) groups excluding carboxylic acids is 1. The van der Waals surface area contributed by atoms with E-state index in [9.17, 15) is 22.8 Å². The lowest BCUT2D eigenvalue weighted by atomic mass is 10.1. The zero-order chi connectivity index (χ0) is 22.9. The summed E-state index contributed by atoms with van der Waals surface area (Å²) >= 11 is 3.11. The summed E-state index contributed by atoms with van der Waals surface area (Å²) in [5.41, 5.74) is 1.00. The van der Waals surface area contributed by atoms with Gasteiger partial charge in [-0.2, -0.15) is 24.9 Å². The molecule has 1 aliphatic rings. The van der Waals surface area contributed by atoms with Gasteiger partial charge in [-0.25, -0.2) is 4.98 Å². The number of thiophene rings is 1. The lowest BCUT2D eigenvalue weighted by Crippen LogP contribution is -2.26. The van der Waals surface area contributed by atoms with Gasteiger partial charge in [0.15, 0.2) is 0 Å². The van der Waals surface area contributed by atoms with E-state index in [-0.39, 0.29) is 18.0 Å². The van der Waals surface area contributed by atoms with Crippen LogP contribution in [0.3, 0.4) is 0 Å². The van der Waals surface area contributed by atoms with E-state index in [1.165, 1.54) is 33.7 Å². The van der Waals surface area contributed by atoms with Crippen LogP contribution in [0.15, 0.2) is 29.1 Å². The first-order valence-corrected chi connectivity index (χ1v) is 12.2. The van der Waals surface area contributed by atoms with Gasteiger partial charge in [-0.1, -0.05) is 12.1 Å². The van der Waals surface area contributed by atoms with Gasteiger partial charge in [0.25, 0.3) is 5.56 Å². The highest BCUT2D eigenvalue weighted by molar-refractivity contribution is 7.98. The van der Waals surface area contributed by atoms with E-state index in [2.05, 4.69) is 9.97 Å². The zero-order valence-electron chi connectivity index (χ0n) is 17.4. The number of H-pyrrole nitrogens is 1. The third-order valence-corrected chi connectivity index (χ3v) is 7.61. The Morgan fingerprint density at radius 1 is 1.25 bits per heavy atom. The summed E-state index contributed by atoms with van der Waals surface area (Å²) in [7, 11) is 1.63. The number of aromatic amines is 1. The molecule has 2 heterocycles. The molecule has 0 radical (unpaired) electrons. The fourth-order valence-electron chi connectivity index (χ4n) is 3.80. The first-order chi connectivity index (χ1) is 15.2. The molecule has 4 rings (SSSR count). The Morgan fingerprint density at radius 3 is 2.72 bits per heavy atom. The molecule has 0 spiro atoms. The van der Waals surface area contributed by atoms with Crippen molar-refractivity contribution in [3.05, 3.63) is 62.0 Å². The molecular formula is C22H22F3N3O2S2. The molecule has 1 aliphatic carbocycles. The number of nitrogens with zero attached hydrogens (tertiary/aromatic N) is 2. The highest BCUT2D eigenvalue weighted by Crippen LogP contribution is 2.34. The van der Waals surface area contributed by atoms with Gasteiger partial charge in [0.2, 0.25) is 5.91 Å². The number of fused-ring (bicyclic) bond motifs is 3. The van der Waals surface area contributed by atoms with Gasteiger partial charge in [0, 0.05) is 30.6 Å². The van der Waals surface area contributed by atoms with E-state index >= 15 is 0 Å². The molecule has 0 saturated heterocycles. The molecule has 5 nitrogen and oxygen atoms in total. The van der Waals surface area contributed by atoms with Crippen molar-refractivity contribution in [3.63, 3.8) is 0 Å². The monoisotopic (exact) mass is 481 g/mol. The first kappa shape index (κ1) is 22.8. The number of carbonyl (C=O) groups is 1. The summed E-state index contributed by atoms with van der Waals surface area (Å²) in [6.07, 6.45) is -1.03. The summed E-state index contributed by atoms with van der Waals surface area (Å²) in [6.45, 7) is 0.246. The maximum atomic E-state index is 12.7. The minimum atomic E-state index is -4.37. The molecule has 3 aromatic rings. The Hall–Kier alpha value is -2.33. The Kier molecular flexibility index (Phi) is 6.62. The molecule has 1 amide bonds. The van der Waals surface area contributed by atoms with Crippen molar-refractivity contribution in [1.29, 1.82) is 0 Å². The van der Waals surface area contributed by atoms with Crippen LogP contribution in [0.4, 0.5) is 13.2 Å². The van der Waals surface area contributed by atoms with Gasteiger partial charge in [-0.3, -0.25) is 9.59 Å². The first-order valence-electron chi connectivity index (χ1n) is 10.2. The predicted octanol–water partition coefficient (Wildman–Crippen LogP) is 4.77. The van der Waals surface area contributed by atoms with Crippen LogP contribution in [0.5, 0.6) is 0 Å². The second kappa shape index (κ2) is 9.27. The van der Waals surface area contributed by atoms with Gasteiger partial charge in [-0.05, 0) is 42.5 Å². The van der Waals surface area contributed by atoms with Gasteiger partial charge in [0.1, 0.15) is 10.7 Å². The Balaban J connectivity index is 1.26. The highest BCUT2D eigenvalue weighted by atomic mass is 32.2.